The summed E-state index contributed by atoms with van der Waals surface area (Å²) in [4.78, 5) is 19.2. The third-order valence-electron chi connectivity index (χ3n) is 4.62. The Morgan fingerprint density at radius 2 is 1.64 bits per heavy atom. The molecule has 1 heterocycles. The maximum atomic E-state index is 14.5. The minimum absolute atomic E-state index is 0.274. The van der Waals surface area contributed by atoms with Crippen LogP contribution >= 0.6 is 0 Å². The van der Waals surface area contributed by atoms with Crippen molar-refractivity contribution in [3.8, 4) is 0 Å². The largest absolute Gasteiger partial charge is 0.282 e. The van der Waals surface area contributed by atoms with E-state index in [4.69, 9.17) is 0 Å². The van der Waals surface area contributed by atoms with Crippen LogP contribution in [0.3, 0.4) is 0 Å². The highest BCUT2D eigenvalue weighted by Crippen LogP contribution is 2.29. The fraction of sp³-hybridized carbons (Fsp3) is 0.0833. The lowest BCUT2D eigenvalue weighted by molar-refractivity contribution is -0.113. The Bertz CT molecular complexity index is 1110. The van der Waals surface area contributed by atoms with Crippen LogP contribution in [0.25, 0.3) is 6.08 Å². The van der Waals surface area contributed by atoms with Crippen LogP contribution in [0, 0.1) is 19.7 Å². The van der Waals surface area contributed by atoms with E-state index in [0.29, 0.717) is 17.1 Å². The molecule has 0 saturated heterocycles. The zero-order valence-electron chi connectivity index (χ0n) is 15.7. The van der Waals surface area contributed by atoms with E-state index in [1.165, 1.54) is 11.0 Å². The molecule has 0 unspecified atom stereocenters. The molecular weight excluding hydrogens is 351 g/mol. The molecule has 4 rings (SSSR count). The molecule has 4 heteroatoms. The quantitative estimate of drug-likeness (QED) is 0.578. The van der Waals surface area contributed by atoms with E-state index in [0.717, 1.165) is 16.7 Å². The molecule has 0 saturated carbocycles. The Hall–Kier alpha value is -3.53. The first-order valence-electron chi connectivity index (χ1n) is 9.06. The first kappa shape index (κ1) is 17.9. The lowest BCUT2D eigenvalue weighted by Crippen LogP contribution is -2.33. The molecule has 0 aromatic heterocycles. The van der Waals surface area contributed by atoms with Crippen molar-refractivity contribution in [2.45, 2.75) is 13.8 Å². The van der Waals surface area contributed by atoms with E-state index in [1.807, 2.05) is 62.4 Å². The van der Waals surface area contributed by atoms with Crippen LogP contribution in [0.15, 0.2) is 83.5 Å². The SMILES string of the molecule is Cc1ccc(/C=C2/N=C(c3ccccc3F)N(c3cccc(C)c3)C2=O)cc1. The highest BCUT2D eigenvalue weighted by molar-refractivity contribution is 6.33. The fourth-order valence-electron chi connectivity index (χ4n) is 3.17. The summed E-state index contributed by atoms with van der Waals surface area (Å²) in [6.45, 7) is 3.96. The smallest absolute Gasteiger partial charge is 0.266 e. The normalized spacial score (nSPS) is 15.2. The summed E-state index contributed by atoms with van der Waals surface area (Å²) in [5, 5.41) is 0. The second-order valence-corrected chi connectivity index (χ2v) is 6.84. The van der Waals surface area contributed by atoms with Gasteiger partial charge in [0.1, 0.15) is 11.5 Å². The number of anilines is 1. The molecular formula is C24H19FN2O. The van der Waals surface area contributed by atoms with Gasteiger partial charge in [0.2, 0.25) is 0 Å². The maximum Gasteiger partial charge on any atom is 0.282 e. The highest BCUT2D eigenvalue weighted by Gasteiger charge is 2.33. The van der Waals surface area contributed by atoms with Gasteiger partial charge in [0.25, 0.3) is 5.91 Å². The number of nitrogens with zero attached hydrogens (tertiary/aromatic N) is 2. The van der Waals surface area contributed by atoms with Crippen molar-refractivity contribution in [2.75, 3.05) is 4.90 Å². The van der Waals surface area contributed by atoms with Crippen LogP contribution in [-0.2, 0) is 4.79 Å². The number of hydrogen-bond acceptors (Lipinski definition) is 2. The van der Waals surface area contributed by atoms with Crippen LogP contribution in [0.5, 0.6) is 0 Å². The lowest BCUT2D eigenvalue weighted by atomic mass is 10.1. The van der Waals surface area contributed by atoms with Crippen LogP contribution in [0.1, 0.15) is 22.3 Å². The second kappa shape index (κ2) is 7.24. The third kappa shape index (κ3) is 3.37. The van der Waals surface area contributed by atoms with Crippen molar-refractivity contribution in [1.82, 2.24) is 0 Å². The summed E-state index contributed by atoms with van der Waals surface area (Å²) in [6, 6.07) is 21.7. The minimum Gasteiger partial charge on any atom is -0.266 e. The summed E-state index contributed by atoms with van der Waals surface area (Å²) in [7, 11) is 0. The van der Waals surface area contributed by atoms with E-state index in [2.05, 4.69) is 4.99 Å². The zero-order valence-corrected chi connectivity index (χ0v) is 15.7. The van der Waals surface area contributed by atoms with Gasteiger partial charge in [0.15, 0.2) is 5.84 Å². The predicted octanol–water partition coefficient (Wildman–Crippen LogP) is 5.28. The molecule has 3 aromatic rings. The minimum atomic E-state index is -0.414. The summed E-state index contributed by atoms with van der Waals surface area (Å²) >= 11 is 0. The molecule has 0 bridgehead atoms. The number of rotatable bonds is 3. The van der Waals surface area contributed by atoms with E-state index < -0.39 is 5.82 Å². The molecule has 0 aliphatic carbocycles. The summed E-state index contributed by atoms with van der Waals surface area (Å²) in [5.41, 5.74) is 4.26. The number of aliphatic imine (C=N–C) groups is 1. The number of amidine groups is 1. The average molecular weight is 370 g/mol. The maximum absolute atomic E-state index is 14.5. The van der Waals surface area contributed by atoms with Crippen LogP contribution in [0.4, 0.5) is 10.1 Å². The van der Waals surface area contributed by atoms with Crippen molar-refractivity contribution in [3.63, 3.8) is 0 Å². The highest BCUT2D eigenvalue weighted by atomic mass is 19.1. The first-order valence-corrected chi connectivity index (χ1v) is 9.06. The Morgan fingerprint density at radius 1 is 0.893 bits per heavy atom. The molecule has 1 amide bonds. The van der Waals surface area contributed by atoms with E-state index >= 15 is 0 Å². The van der Waals surface area contributed by atoms with Crippen molar-refractivity contribution < 1.29 is 9.18 Å². The molecule has 0 spiro atoms. The van der Waals surface area contributed by atoms with Gasteiger partial charge in [-0.05, 0) is 55.3 Å². The van der Waals surface area contributed by atoms with Crippen molar-refractivity contribution in [2.24, 2.45) is 4.99 Å². The van der Waals surface area contributed by atoms with Crippen molar-refractivity contribution in [3.05, 3.63) is 107 Å². The van der Waals surface area contributed by atoms with Gasteiger partial charge in [0, 0.05) is 0 Å². The van der Waals surface area contributed by atoms with Crippen molar-refractivity contribution in [1.29, 1.82) is 0 Å². The molecule has 28 heavy (non-hydrogen) atoms. The number of hydrogen-bond donors (Lipinski definition) is 0. The number of aryl methyl sites for hydroxylation is 2. The molecule has 0 radical (unpaired) electrons. The van der Waals surface area contributed by atoms with Gasteiger partial charge in [-0.15, -0.1) is 0 Å². The topological polar surface area (TPSA) is 32.7 Å². The van der Waals surface area contributed by atoms with Gasteiger partial charge in [-0.1, -0.05) is 54.1 Å². The zero-order chi connectivity index (χ0) is 19.7. The lowest BCUT2D eigenvalue weighted by Gasteiger charge is -2.19. The molecule has 1 aliphatic heterocycles. The number of amides is 1. The van der Waals surface area contributed by atoms with Gasteiger partial charge in [-0.3, -0.25) is 9.69 Å². The molecule has 0 N–H and O–H groups in total. The molecule has 138 valence electrons. The Labute approximate surface area is 163 Å². The van der Waals surface area contributed by atoms with Gasteiger partial charge < -0.3 is 0 Å². The standard InChI is InChI=1S/C24H19FN2O/c1-16-10-12-18(13-11-16)15-22-24(28)27(19-7-5-6-17(2)14-19)23(26-22)20-8-3-4-9-21(20)25/h3-15H,1-2H3/b22-15+. The fourth-order valence-corrected chi connectivity index (χ4v) is 3.17. The Kier molecular flexibility index (Phi) is 4.62. The number of carbonyl (C=O) groups excluding carboxylic acids is 1. The third-order valence-corrected chi connectivity index (χ3v) is 4.62. The van der Waals surface area contributed by atoms with E-state index in [-0.39, 0.29) is 11.6 Å². The predicted molar refractivity (Wildman–Crippen MR) is 111 cm³/mol. The summed E-state index contributed by atoms with van der Waals surface area (Å²) in [5.74, 6) is -0.389. The van der Waals surface area contributed by atoms with Gasteiger partial charge in [-0.25, -0.2) is 9.38 Å². The van der Waals surface area contributed by atoms with Crippen LogP contribution < -0.4 is 4.90 Å². The number of halogens is 1. The van der Waals surface area contributed by atoms with E-state index in [9.17, 15) is 9.18 Å². The second-order valence-electron chi connectivity index (χ2n) is 6.84. The summed E-state index contributed by atoms with van der Waals surface area (Å²) in [6.07, 6.45) is 1.73. The molecule has 0 fully saturated rings. The number of benzene rings is 3. The van der Waals surface area contributed by atoms with Crippen LogP contribution in [0.2, 0.25) is 0 Å². The average Bonchev–Trinajstić information content (AvgIpc) is 3.00. The van der Waals surface area contributed by atoms with Crippen LogP contribution in [-0.4, -0.2) is 11.7 Å². The monoisotopic (exact) mass is 370 g/mol. The molecule has 3 aromatic carbocycles. The van der Waals surface area contributed by atoms with Gasteiger partial charge in [-0.2, -0.15) is 0 Å². The Morgan fingerprint density at radius 3 is 2.36 bits per heavy atom. The number of carbonyl (C=O) groups is 1. The molecule has 0 atom stereocenters. The molecule has 1 aliphatic rings. The first-order chi connectivity index (χ1) is 13.5. The van der Waals surface area contributed by atoms with Crippen molar-refractivity contribution >= 4 is 23.5 Å². The Balaban J connectivity index is 1.85. The van der Waals surface area contributed by atoms with Gasteiger partial charge in [0.05, 0.1) is 11.3 Å². The summed E-state index contributed by atoms with van der Waals surface area (Å²) < 4.78 is 14.5. The molecule has 3 nitrogen and oxygen atoms in total. The van der Waals surface area contributed by atoms with E-state index in [1.54, 1.807) is 24.3 Å². The van der Waals surface area contributed by atoms with Gasteiger partial charge >= 0.3 is 0 Å².